The summed E-state index contributed by atoms with van der Waals surface area (Å²) in [4.78, 5) is 11.3. The van der Waals surface area contributed by atoms with Crippen molar-refractivity contribution in [2.75, 3.05) is 13.1 Å². The van der Waals surface area contributed by atoms with Crippen LogP contribution in [-0.2, 0) is 25.4 Å². The number of thiazole rings is 1. The Balaban J connectivity index is 1.55. The van der Waals surface area contributed by atoms with E-state index in [1.165, 1.54) is 10.8 Å². The lowest BCUT2D eigenvalue weighted by molar-refractivity contribution is 0.219. The molecule has 0 N–H and O–H groups in total. The summed E-state index contributed by atoms with van der Waals surface area (Å²) in [6.45, 7) is 4.13. The van der Waals surface area contributed by atoms with Crippen molar-refractivity contribution in [3.05, 3.63) is 34.3 Å². The van der Waals surface area contributed by atoms with E-state index in [9.17, 15) is 0 Å². The summed E-state index contributed by atoms with van der Waals surface area (Å²) >= 11 is 7.46. The molecular formula is C12H15ClN4S. The molecule has 96 valence electrons. The standard InChI is InChI=1S/C12H15ClN4S/c13-7-10-9-18-12(15-10)1-3-16-5-6-17-4-2-14-11(17)8-16/h2,4,9H,1,3,5-8H2. The molecule has 0 aromatic carbocycles. The van der Waals surface area contributed by atoms with Crippen LogP contribution in [0.4, 0.5) is 0 Å². The highest BCUT2D eigenvalue weighted by atomic mass is 35.5. The maximum absolute atomic E-state index is 5.76. The van der Waals surface area contributed by atoms with Crippen molar-refractivity contribution < 1.29 is 0 Å². The van der Waals surface area contributed by atoms with Gasteiger partial charge in [0.25, 0.3) is 0 Å². The van der Waals surface area contributed by atoms with E-state index in [1.54, 1.807) is 11.3 Å². The van der Waals surface area contributed by atoms with Crippen molar-refractivity contribution in [2.45, 2.75) is 25.4 Å². The van der Waals surface area contributed by atoms with E-state index < -0.39 is 0 Å². The van der Waals surface area contributed by atoms with E-state index in [0.717, 1.165) is 38.3 Å². The zero-order chi connectivity index (χ0) is 12.4. The quantitative estimate of drug-likeness (QED) is 0.806. The molecule has 0 atom stereocenters. The van der Waals surface area contributed by atoms with Crippen LogP contribution in [-0.4, -0.2) is 32.5 Å². The Morgan fingerprint density at radius 2 is 2.33 bits per heavy atom. The van der Waals surface area contributed by atoms with Gasteiger partial charge in [-0.3, -0.25) is 4.90 Å². The first-order chi connectivity index (χ1) is 8.85. The summed E-state index contributed by atoms with van der Waals surface area (Å²) in [7, 11) is 0. The number of aromatic nitrogens is 3. The van der Waals surface area contributed by atoms with Crippen LogP contribution in [0, 0.1) is 0 Å². The number of hydrogen-bond donors (Lipinski definition) is 0. The number of alkyl halides is 1. The Kier molecular flexibility index (Phi) is 3.63. The summed E-state index contributed by atoms with van der Waals surface area (Å²) in [6.07, 6.45) is 4.94. The molecule has 3 rings (SSSR count). The van der Waals surface area contributed by atoms with Gasteiger partial charge in [-0.2, -0.15) is 0 Å². The van der Waals surface area contributed by atoms with Gasteiger partial charge in [-0.1, -0.05) is 0 Å². The maximum atomic E-state index is 5.76. The fraction of sp³-hybridized carbons (Fsp3) is 0.500. The van der Waals surface area contributed by atoms with Crippen molar-refractivity contribution in [2.24, 2.45) is 0 Å². The zero-order valence-electron chi connectivity index (χ0n) is 10.0. The SMILES string of the molecule is ClCc1csc(CCN2CCn3ccnc3C2)n1. The smallest absolute Gasteiger partial charge is 0.122 e. The van der Waals surface area contributed by atoms with Crippen molar-refractivity contribution in [1.82, 2.24) is 19.4 Å². The molecule has 1 aliphatic rings. The zero-order valence-corrected chi connectivity index (χ0v) is 11.6. The lowest BCUT2D eigenvalue weighted by atomic mass is 10.3. The van der Waals surface area contributed by atoms with Crippen molar-refractivity contribution >= 4 is 22.9 Å². The predicted molar refractivity (Wildman–Crippen MR) is 72.9 cm³/mol. The fourth-order valence-electron chi connectivity index (χ4n) is 2.19. The highest BCUT2D eigenvalue weighted by Crippen LogP contribution is 2.15. The van der Waals surface area contributed by atoms with Crippen LogP contribution in [0.5, 0.6) is 0 Å². The first-order valence-corrected chi connectivity index (χ1v) is 7.48. The molecule has 18 heavy (non-hydrogen) atoms. The third-order valence-corrected chi connectivity index (χ3v) is 4.43. The van der Waals surface area contributed by atoms with E-state index in [0.29, 0.717) is 5.88 Å². The van der Waals surface area contributed by atoms with Gasteiger partial charge in [0.1, 0.15) is 5.82 Å². The van der Waals surface area contributed by atoms with E-state index in [-0.39, 0.29) is 0 Å². The van der Waals surface area contributed by atoms with Crippen molar-refractivity contribution in [1.29, 1.82) is 0 Å². The number of halogens is 1. The Morgan fingerprint density at radius 1 is 1.39 bits per heavy atom. The highest BCUT2D eigenvalue weighted by Gasteiger charge is 2.16. The van der Waals surface area contributed by atoms with Gasteiger partial charge in [0, 0.05) is 43.8 Å². The van der Waals surface area contributed by atoms with Gasteiger partial charge < -0.3 is 4.57 Å². The second kappa shape index (κ2) is 5.38. The van der Waals surface area contributed by atoms with E-state index >= 15 is 0 Å². The molecule has 0 aliphatic carbocycles. The topological polar surface area (TPSA) is 34.0 Å². The van der Waals surface area contributed by atoms with Crippen LogP contribution in [0.2, 0.25) is 0 Å². The lowest BCUT2D eigenvalue weighted by Crippen LogP contribution is -2.35. The van der Waals surface area contributed by atoms with E-state index in [4.69, 9.17) is 11.6 Å². The maximum Gasteiger partial charge on any atom is 0.122 e. The summed E-state index contributed by atoms with van der Waals surface area (Å²) in [5.74, 6) is 1.68. The van der Waals surface area contributed by atoms with Gasteiger partial charge in [-0.05, 0) is 0 Å². The summed E-state index contributed by atoms with van der Waals surface area (Å²) < 4.78 is 2.23. The minimum absolute atomic E-state index is 0.512. The molecule has 0 saturated heterocycles. The lowest BCUT2D eigenvalue weighted by Gasteiger charge is -2.27. The molecule has 0 amide bonds. The van der Waals surface area contributed by atoms with Gasteiger partial charge >= 0.3 is 0 Å². The molecule has 2 aromatic heterocycles. The molecule has 0 unspecified atom stereocenters. The highest BCUT2D eigenvalue weighted by molar-refractivity contribution is 7.09. The molecule has 2 aromatic rings. The van der Waals surface area contributed by atoms with Crippen LogP contribution in [0.1, 0.15) is 16.5 Å². The molecular weight excluding hydrogens is 268 g/mol. The monoisotopic (exact) mass is 282 g/mol. The molecule has 0 spiro atoms. The van der Waals surface area contributed by atoms with Crippen LogP contribution in [0.3, 0.4) is 0 Å². The summed E-state index contributed by atoms with van der Waals surface area (Å²) in [5, 5.41) is 3.23. The summed E-state index contributed by atoms with van der Waals surface area (Å²) in [5.41, 5.74) is 0.992. The van der Waals surface area contributed by atoms with Gasteiger partial charge in [-0.25, -0.2) is 9.97 Å². The average Bonchev–Trinajstić information content (AvgIpc) is 3.04. The number of fused-ring (bicyclic) bond motifs is 1. The fourth-order valence-corrected chi connectivity index (χ4v) is 3.21. The molecule has 0 radical (unpaired) electrons. The van der Waals surface area contributed by atoms with Crippen LogP contribution in [0.15, 0.2) is 17.8 Å². The van der Waals surface area contributed by atoms with E-state index in [2.05, 4.69) is 25.6 Å². The first kappa shape index (κ1) is 12.1. The van der Waals surface area contributed by atoms with Crippen LogP contribution in [0.25, 0.3) is 0 Å². The number of nitrogens with zero attached hydrogens (tertiary/aromatic N) is 4. The average molecular weight is 283 g/mol. The molecule has 0 saturated carbocycles. The molecule has 3 heterocycles. The Morgan fingerprint density at radius 3 is 3.17 bits per heavy atom. The second-order valence-corrected chi connectivity index (χ2v) is 5.64. The van der Waals surface area contributed by atoms with Crippen LogP contribution < -0.4 is 0 Å². The first-order valence-electron chi connectivity index (χ1n) is 6.07. The van der Waals surface area contributed by atoms with Gasteiger partial charge in [-0.15, -0.1) is 22.9 Å². The Bertz CT molecular complexity index is 522. The Labute approximate surface area is 115 Å². The number of rotatable bonds is 4. The van der Waals surface area contributed by atoms with Crippen molar-refractivity contribution in [3.63, 3.8) is 0 Å². The summed E-state index contributed by atoms with van der Waals surface area (Å²) in [6, 6.07) is 0. The van der Waals surface area contributed by atoms with E-state index in [1.807, 2.05) is 11.6 Å². The third kappa shape index (κ3) is 2.58. The minimum atomic E-state index is 0.512. The largest absolute Gasteiger partial charge is 0.333 e. The Hall–Kier alpha value is -0.910. The van der Waals surface area contributed by atoms with Crippen LogP contribution >= 0.6 is 22.9 Å². The van der Waals surface area contributed by atoms with Crippen molar-refractivity contribution in [3.8, 4) is 0 Å². The molecule has 0 fully saturated rings. The normalized spacial score (nSPS) is 15.8. The third-order valence-electron chi connectivity index (χ3n) is 3.20. The molecule has 0 bridgehead atoms. The number of hydrogen-bond acceptors (Lipinski definition) is 4. The van der Waals surface area contributed by atoms with Gasteiger partial charge in [0.05, 0.1) is 23.1 Å². The molecule has 6 heteroatoms. The predicted octanol–water partition coefficient (Wildman–Crippen LogP) is 2.14. The minimum Gasteiger partial charge on any atom is -0.333 e. The van der Waals surface area contributed by atoms with Gasteiger partial charge in [0.15, 0.2) is 0 Å². The number of imidazole rings is 1. The van der Waals surface area contributed by atoms with Gasteiger partial charge in [0.2, 0.25) is 0 Å². The molecule has 1 aliphatic heterocycles. The molecule has 4 nitrogen and oxygen atoms in total. The second-order valence-electron chi connectivity index (χ2n) is 4.43.